The quantitative estimate of drug-likeness (QED) is 0.414. The maximum atomic E-state index is 12.4. The van der Waals surface area contributed by atoms with Gasteiger partial charge in [0.15, 0.2) is 0 Å². The van der Waals surface area contributed by atoms with Gasteiger partial charge in [-0.2, -0.15) is 13.2 Å². The first-order chi connectivity index (χ1) is 12.1. The van der Waals surface area contributed by atoms with Gasteiger partial charge < -0.3 is 15.2 Å². The molecule has 27 heavy (non-hydrogen) atoms. The monoisotopic (exact) mass is 397 g/mol. The van der Waals surface area contributed by atoms with Crippen LogP contribution in [0.15, 0.2) is 0 Å². The first-order valence-electron chi connectivity index (χ1n) is 9.27. The molecule has 0 fully saturated rings. The van der Waals surface area contributed by atoms with Gasteiger partial charge >= 0.3 is 18.1 Å². The number of unbranched alkanes of at least 4 members (excludes halogenated alkanes) is 1. The van der Waals surface area contributed by atoms with E-state index < -0.39 is 41.5 Å². The third kappa shape index (κ3) is 7.68. The summed E-state index contributed by atoms with van der Waals surface area (Å²) in [5.41, 5.74) is 3.23. The second-order valence-electron chi connectivity index (χ2n) is 8.29. The molecule has 0 aliphatic heterocycles. The summed E-state index contributed by atoms with van der Waals surface area (Å²) in [6.07, 6.45) is -3.33. The van der Waals surface area contributed by atoms with Crippen LogP contribution in [0.4, 0.5) is 13.2 Å². The fourth-order valence-corrected chi connectivity index (χ4v) is 2.50. The van der Waals surface area contributed by atoms with Gasteiger partial charge in [0, 0.05) is 6.42 Å². The largest absolute Gasteiger partial charge is 0.466 e. The van der Waals surface area contributed by atoms with Crippen LogP contribution >= 0.6 is 0 Å². The first-order valence-corrected chi connectivity index (χ1v) is 9.27. The fourth-order valence-electron chi connectivity index (χ4n) is 2.50. The highest BCUT2D eigenvalue weighted by molar-refractivity contribution is 5.81. The van der Waals surface area contributed by atoms with Gasteiger partial charge in [0.1, 0.15) is 12.1 Å². The number of rotatable bonds is 11. The molecule has 1 unspecified atom stereocenters. The van der Waals surface area contributed by atoms with Crippen LogP contribution in [0.25, 0.3) is 0 Å². The number of carbonyl (C=O) groups excluding carboxylic acids is 2. The molecule has 0 aliphatic rings. The van der Waals surface area contributed by atoms with Crippen LogP contribution in [-0.4, -0.2) is 36.9 Å². The van der Waals surface area contributed by atoms with Gasteiger partial charge in [-0.3, -0.25) is 9.59 Å². The topological polar surface area (TPSA) is 78.6 Å². The molecular formula is C19H34F3NO4. The second-order valence-corrected chi connectivity index (χ2v) is 8.29. The summed E-state index contributed by atoms with van der Waals surface area (Å²) in [6.45, 7) is 10.3. The SMILES string of the molecule is CCCCOC(=O)CCC(C)(C)C(C)(C)C(C)(N)C(=O)OCCC(F)(F)F. The number of alkyl halides is 3. The Labute approximate surface area is 160 Å². The molecule has 0 bridgehead atoms. The van der Waals surface area contributed by atoms with Crippen molar-refractivity contribution in [1.29, 1.82) is 0 Å². The Bertz CT molecular complexity index is 500. The van der Waals surface area contributed by atoms with E-state index in [1.54, 1.807) is 13.8 Å². The zero-order valence-electron chi connectivity index (χ0n) is 17.3. The minimum atomic E-state index is -4.40. The number of ether oxygens (including phenoxy) is 2. The number of esters is 2. The van der Waals surface area contributed by atoms with Crippen molar-refractivity contribution in [1.82, 2.24) is 0 Å². The molecule has 0 amide bonds. The maximum absolute atomic E-state index is 12.4. The molecule has 0 aliphatic carbocycles. The van der Waals surface area contributed by atoms with E-state index in [0.29, 0.717) is 13.0 Å². The minimum absolute atomic E-state index is 0.166. The summed E-state index contributed by atoms with van der Waals surface area (Å²) in [7, 11) is 0. The van der Waals surface area contributed by atoms with E-state index in [-0.39, 0.29) is 12.4 Å². The molecule has 0 saturated heterocycles. The Morgan fingerprint density at radius 1 is 0.926 bits per heavy atom. The molecule has 2 N–H and O–H groups in total. The maximum Gasteiger partial charge on any atom is 0.392 e. The van der Waals surface area contributed by atoms with E-state index in [2.05, 4.69) is 0 Å². The molecule has 8 heteroatoms. The van der Waals surface area contributed by atoms with Gasteiger partial charge in [-0.25, -0.2) is 0 Å². The van der Waals surface area contributed by atoms with Crippen molar-refractivity contribution in [2.45, 2.75) is 85.4 Å². The van der Waals surface area contributed by atoms with Gasteiger partial charge in [0.05, 0.1) is 13.0 Å². The van der Waals surface area contributed by atoms with Crippen LogP contribution in [0.2, 0.25) is 0 Å². The van der Waals surface area contributed by atoms with E-state index in [0.717, 1.165) is 12.8 Å². The summed E-state index contributed by atoms with van der Waals surface area (Å²) in [4.78, 5) is 24.2. The zero-order chi connectivity index (χ0) is 21.5. The molecule has 5 nitrogen and oxygen atoms in total. The van der Waals surface area contributed by atoms with E-state index in [4.69, 9.17) is 15.2 Å². The van der Waals surface area contributed by atoms with Crippen molar-refractivity contribution in [3.8, 4) is 0 Å². The van der Waals surface area contributed by atoms with Gasteiger partial charge in [0.2, 0.25) is 0 Å². The molecule has 1 atom stereocenters. The molecule has 0 heterocycles. The number of hydrogen-bond donors (Lipinski definition) is 1. The van der Waals surface area contributed by atoms with Crippen LogP contribution in [-0.2, 0) is 19.1 Å². The van der Waals surface area contributed by atoms with Gasteiger partial charge in [0.25, 0.3) is 0 Å². The smallest absolute Gasteiger partial charge is 0.392 e. The Balaban J connectivity index is 4.92. The average molecular weight is 397 g/mol. The molecule has 0 radical (unpaired) electrons. The summed E-state index contributed by atoms with van der Waals surface area (Å²) in [5, 5.41) is 0. The number of hydrogen-bond acceptors (Lipinski definition) is 5. The highest BCUT2D eigenvalue weighted by Crippen LogP contribution is 2.48. The molecule has 0 saturated carbocycles. The predicted octanol–water partition coefficient (Wildman–Crippen LogP) is 4.38. The number of carbonyl (C=O) groups is 2. The lowest BCUT2D eigenvalue weighted by Crippen LogP contribution is -2.62. The molecular weight excluding hydrogens is 363 g/mol. The lowest BCUT2D eigenvalue weighted by atomic mass is 9.56. The van der Waals surface area contributed by atoms with Gasteiger partial charge in [-0.05, 0) is 30.6 Å². The molecule has 0 rings (SSSR count). The summed E-state index contributed by atoms with van der Waals surface area (Å²) >= 11 is 0. The first kappa shape index (κ1) is 25.7. The summed E-state index contributed by atoms with van der Waals surface area (Å²) < 4.78 is 46.7. The standard InChI is InChI=1S/C19H34F3NO4/c1-7-8-12-26-14(24)9-10-16(2,3)17(4,5)18(6,23)15(25)27-13-11-19(20,21)22/h7-13,23H2,1-6H3. The average Bonchev–Trinajstić information content (AvgIpc) is 2.51. The lowest BCUT2D eigenvalue weighted by molar-refractivity contribution is -0.169. The van der Waals surface area contributed by atoms with Gasteiger partial charge in [-0.15, -0.1) is 0 Å². The number of nitrogens with two attached hydrogens (primary N) is 1. The predicted molar refractivity (Wildman–Crippen MR) is 96.9 cm³/mol. The van der Waals surface area contributed by atoms with Crippen molar-refractivity contribution < 1.29 is 32.2 Å². The third-order valence-corrected chi connectivity index (χ3v) is 5.75. The Morgan fingerprint density at radius 3 is 1.96 bits per heavy atom. The van der Waals surface area contributed by atoms with Crippen LogP contribution in [0.1, 0.15) is 73.6 Å². The van der Waals surface area contributed by atoms with Crippen molar-refractivity contribution in [3.63, 3.8) is 0 Å². The van der Waals surface area contributed by atoms with Crippen LogP contribution in [0.3, 0.4) is 0 Å². The second kappa shape index (κ2) is 9.75. The highest BCUT2D eigenvalue weighted by Gasteiger charge is 2.53. The van der Waals surface area contributed by atoms with E-state index in [1.165, 1.54) is 6.92 Å². The van der Waals surface area contributed by atoms with Crippen molar-refractivity contribution >= 4 is 11.9 Å². The molecule has 0 aromatic carbocycles. The van der Waals surface area contributed by atoms with Crippen molar-refractivity contribution in [3.05, 3.63) is 0 Å². The molecule has 0 spiro atoms. The summed E-state index contributed by atoms with van der Waals surface area (Å²) in [6, 6.07) is 0. The van der Waals surface area contributed by atoms with Gasteiger partial charge in [-0.1, -0.05) is 41.0 Å². The highest BCUT2D eigenvalue weighted by atomic mass is 19.4. The number of halogens is 3. The van der Waals surface area contributed by atoms with E-state index >= 15 is 0 Å². The van der Waals surface area contributed by atoms with Crippen LogP contribution in [0, 0.1) is 10.8 Å². The third-order valence-electron chi connectivity index (χ3n) is 5.75. The lowest BCUT2D eigenvalue weighted by Gasteiger charge is -2.50. The Hall–Kier alpha value is -1.31. The van der Waals surface area contributed by atoms with Crippen molar-refractivity contribution in [2.75, 3.05) is 13.2 Å². The molecule has 0 aromatic heterocycles. The fraction of sp³-hybridized carbons (Fsp3) is 0.895. The Kier molecular flexibility index (Phi) is 9.28. The Morgan fingerprint density at radius 2 is 1.48 bits per heavy atom. The van der Waals surface area contributed by atoms with Crippen molar-refractivity contribution in [2.24, 2.45) is 16.6 Å². The van der Waals surface area contributed by atoms with Crippen LogP contribution < -0.4 is 5.73 Å². The zero-order valence-corrected chi connectivity index (χ0v) is 17.3. The van der Waals surface area contributed by atoms with Crippen LogP contribution in [0.5, 0.6) is 0 Å². The molecule has 0 aromatic rings. The molecule has 160 valence electrons. The normalized spacial score (nSPS) is 15.2. The minimum Gasteiger partial charge on any atom is -0.466 e. The van der Waals surface area contributed by atoms with E-state index in [9.17, 15) is 22.8 Å². The van der Waals surface area contributed by atoms with E-state index in [1.807, 2.05) is 20.8 Å². The summed E-state index contributed by atoms with van der Waals surface area (Å²) in [5.74, 6) is -1.21.